The van der Waals surface area contributed by atoms with Crippen LogP contribution in [0.15, 0.2) is 78.0 Å². The van der Waals surface area contributed by atoms with Gasteiger partial charge in [-0.05, 0) is 56.3 Å². The summed E-state index contributed by atoms with van der Waals surface area (Å²) in [6, 6.07) is 15.6. The van der Waals surface area contributed by atoms with E-state index in [1.165, 1.54) is 31.2 Å². The maximum atomic E-state index is 12.6. The lowest BCUT2D eigenvalue weighted by Crippen LogP contribution is -2.13. The van der Waals surface area contributed by atoms with Crippen molar-refractivity contribution in [1.82, 2.24) is 19.7 Å². The van der Waals surface area contributed by atoms with Gasteiger partial charge in [0.05, 0.1) is 4.90 Å². The predicted molar refractivity (Wildman–Crippen MR) is 118 cm³/mol. The zero-order chi connectivity index (χ0) is 22.7. The highest BCUT2D eigenvalue weighted by Crippen LogP contribution is 2.24. The van der Waals surface area contributed by atoms with E-state index in [4.69, 9.17) is 4.74 Å². The molecule has 0 atom stereocenters. The predicted octanol–water partition coefficient (Wildman–Crippen LogP) is 3.77. The van der Waals surface area contributed by atoms with Gasteiger partial charge in [0.25, 0.3) is 10.0 Å². The molecule has 0 aliphatic heterocycles. The van der Waals surface area contributed by atoms with Crippen LogP contribution in [0.25, 0.3) is 5.82 Å². The summed E-state index contributed by atoms with van der Waals surface area (Å²) in [6.07, 6.45) is 3.41. The number of hydrogen-bond donors (Lipinski definition) is 1. The zero-order valence-corrected chi connectivity index (χ0v) is 18.1. The van der Waals surface area contributed by atoms with Crippen molar-refractivity contribution >= 4 is 21.5 Å². The van der Waals surface area contributed by atoms with Crippen LogP contribution in [-0.2, 0) is 10.0 Å². The molecular weight excluding hydrogens is 430 g/mol. The molecule has 0 aliphatic rings. The molecule has 10 heteroatoms. The van der Waals surface area contributed by atoms with E-state index in [9.17, 15) is 13.2 Å². The van der Waals surface area contributed by atoms with E-state index in [1.807, 2.05) is 0 Å². The minimum Gasteiger partial charge on any atom is -0.439 e. The third-order valence-electron chi connectivity index (χ3n) is 4.44. The number of hydrogen-bond acceptors (Lipinski definition) is 7. The lowest BCUT2D eigenvalue weighted by molar-refractivity contribution is 0.101. The molecule has 1 N–H and O–H groups in total. The third kappa shape index (κ3) is 4.81. The number of nitrogens with zero attached hydrogens (tertiary/aromatic N) is 4. The van der Waals surface area contributed by atoms with E-state index in [0.717, 1.165) is 0 Å². The minimum absolute atomic E-state index is 0.0606. The molecule has 0 unspecified atom stereocenters. The number of ether oxygens (including phenoxy) is 1. The van der Waals surface area contributed by atoms with Crippen LogP contribution in [0.3, 0.4) is 0 Å². The highest BCUT2D eigenvalue weighted by atomic mass is 32.2. The molecule has 0 spiro atoms. The summed E-state index contributed by atoms with van der Waals surface area (Å²) in [5, 5.41) is 4.15. The first kappa shape index (κ1) is 21.2. The number of carbonyl (C=O) groups is 1. The second kappa shape index (κ2) is 8.60. The molecule has 0 aliphatic carbocycles. The van der Waals surface area contributed by atoms with Crippen molar-refractivity contribution in [2.75, 3.05) is 4.72 Å². The SMILES string of the molecule is CC(=O)c1ccc(S(=O)(=O)Nc2ccc(Oc3cc(-n4cccn4)nc(C)n3)cc2)cc1. The maximum absolute atomic E-state index is 12.6. The molecule has 4 rings (SSSR count). The Labute approximate surface area is 184 Å². The van der Waals surface area contributed by atoms with Crippen LogP contribution >= 0.6 is 0 Å². The van der Waals surface area contributed by atoms with Crippen molar-refractivity contribution in [3.8, 4) is 17.4 Å². The Kier molecular flexibility index (Phi) is 5.69. The number of nitrogens with one attached hydrogen (secondary N) is 1. The smallest absolute Gasteiger partial charge is 0.261 e. The van der Waals surface area contributed by atoms with Gasteiger partial charge < -0.3 is 4.74 Å². The largest absolute Gasteiger partial charge is 0.439 e. The topological polar surface area (TPSA) is 116 Å². The molecule has 0 fully saturated rings. The number of ketones is 1. The highest BCUT2D eigenvalue weighted by molar-refractivity contribution is 7.92. The molecule has 32 heavy (non-hydrogen) atoms. The van der Waals surface area contributed by atoms with Crippen LogP contribution in [0.1, 0.15) is 23.1 Å². The van der Waals surface area contributed by atoms with Gasteiger partial charge in [0.2, 0.25) is 5.88 Å². The summed E-state index contributed by atoms with van der Waals surface area (Å²) < 4.78 is 35.1. The van der Waals surface area contributed by atoms with Crippen LogP contribution in [0, 0.1) is 6.92 Å². The van der Waals surface area contributed by atoms with Crippen LogP contribution in [0.5, 0.6) is 11.6 Å². The van der Waals surface area contributed by atoms with Gasteiger partial charge in [-0.1, -0.05) is 12.1 Å². The number of anilines is 1. The van der Waals surface area contributed by atoms with Gasteiger partial charge >= 0.3 is 0 Å². The first-order valence-corrected chi connectivity index (χ1v) is 11.1. The van der Waals surface area contributed by atoms with Crippen molar-refractivity contribution in [1.29, 1.82) is 0 Å². The summed E-state index contributed by atoms with van der Waals surface area (Å²) in [5.74, 6) is 1.77. The number of benzene rings is 2. The Balaban J connectivity index is 1.48. The molecule has 2 heterocycles. The third-order valence-corrected chi connectivity index (χ3v) is 5.84. The monoisotopic (exact) mass is 449 g/mol. The summed E-state index contributed by atoms with van der Waals surface area (Å²) in [4.78, 5) is 20.0. The number of aromatic nitrogens is 4. The fourth-order valence-electron chi connectivity index (χ4n) is 2.89. The van der Waals surface area contributed by atoms with Crippen molar-refractivity contribution in [3.05, 3.63) is 84.4 Å². The molecule has 0 amide bonds. The number of carbonyl (C=O) groups excluding carboxylic acids is 1. The normalized spacial score (nSPS) is 11.2. The summed E-state index contributed by atoms with van der Waals surface area (Å²) in [5.41, 5.74) is 0.810. The molecule has 162 valence electrons. The quantitative estimate of drug-likeness (QED) is 0.427. The Morgan fingerprint density at radius 1 is 1.03 bits per heavy atom. The molecule has 9 nitrogen and oxygen atoms in total. The molecule has 4 aromatic rings. The van der Waals surface area contributed by atoms with Gasteiger partial charge in [0.15, 0.2) is 11.6 Å². The molecule has 0 radical (unpaired) electrons. The molecular formula is C22H19N5O4S. The van der Waals surface area contributed by atoms with Gasteiger partial charge in [-0.25, -0.2) is 18.1 Å². The van der Waals surface area contributed by atoms with E-state index in [0.29, 0.717) is 34.5 Å². The fraction of sp³-hybridized carbons (Fsp3) is 0.0909. The number of Topliss-reactive ketones (excluding diaryl/α,β-unsaturated/α-hetero) is 1. The minimum atomic E-state index is -3.80. The Morgan fingerprint density at radius 2 is 1.75 bits per heavy atom. The van der Waals surface area contributed by atoms with Gasteiger partial charge in [-0.2, -0.15) is 10.1 Å². The summed E-state index contributed by atoms with van der Waals surface area (Å²) >= 11 is 0. The standard InChI is InChI=1S/C22H19N5O4S/c1-15(28)17-4-10-20(11-5-17)32(29,30)26-18-6-8-19(9-7-18)31-22-14-21(24-16(2)25-22)27-13-3-12-23-27/h3-14,26H,1-2H3. The second-order valence-corrected chi connectivity index (χ2v) is 8.56. The Hall–Kier alpha value is -4.05. The van der Waals surface area contributed by atoms with Gasteiger partial charge in [0, 0.05) is 29.7 Å². The van der Waals surface area contributed by atoms with Crippen molar-refractivity contribution in [2.45, 2.75) is 18.7 Å². The second-order valence-electron chi connectivity index (χ2n) is 6.87. The van der Waals surface area contributed by atoms with E-state index in [-0.39, 0.29) is 10.7 Å². The zero-order valence-electron chi connectivity index (χ0n) is 17.3. The summed E-state index contributed by atoms with van der Waals surface area (Å²) in [6.45, 7) is 3.17. The van der Waals surface area contributed by atoms with Crippen LogP contribution in [0.4, 0.5) is 5.69 Å². The average Bonchev–Trinajstić information content (AvgIpc) is 3.30. The summed E-state index contributed by atoms with van der Waals surface area (Å²) in [7, 11) is -3.80. The lowest BCUT2D eigenvalue weighted by atomic mass is 10.2. The Bertz CT molecular complexity index is 1350. The number of sulfonamides is 1. The van der Waals surface area contributed by atoms with E-state index >= 15 is 0 Å². The lowest BCUT2D eigenvalue weighted by Gasteiger charge is -2.10. The first-order chi connectivity index (χ1) is 15.3. The van der Waals surface area contributed by atoms with Crippen molar-refractivity contribution < 1.29 is 17.9 Å². The number of rotatable bonds is 7. The van der Waals surface area contributed by atoms with Crippen LogP contribution in [-0.4, -0.2) is 33.9 Å². The van der Waals surface area contributed by atoms with E-state index in [1.54, 1.807) is 60.4 Å². The van der Waals surface area contributed by atoms with E-state index in [2.05, 4.69) is 19.8 Å². The Morgan fingerprint density at radius 3 is 2.38 bits per heavy atom. The van der Waals surface area contributed by atoms with Crippen molar-refractivity contribution in [2.24, 2.45) is 0 Å². The molecule has 2 aromatic carbocycles. The maximum Gasteiger partial charge on any atom is 0.261 e. The van der Waals surface area contributed by atoms with Crippen LogP contribution in [0.2, 0.25) is 0 Å². The molecule has 0 saturated heterocycles. The first-order valence-electron chi connectivity index (χ1n) is 9.58. The molecule has 2 aromatic heterocycles. The van der Waals surface area contributed by atoms with Crippen LogP contribution < -0.4 is 9.46 Å². The average molecular weight is 449 g/mol. The van der Waals surface area contributed by atoms with Crippen molar-refractivity contribution in [3.63, 3.8) is 0 Å². The fourth-order valence-corrected chi connectivity index (χ4v) is 3.95. The molecule has 0 bridgehead atoms. The van der Waals surface area contributed by atoms with Gasteiger partial charge in [0.1, 0.15) is 11.6 Å². The number of aryl methyl sites for hydroxylation is 1. The highest BCUT2D eigenvalue weighted by Gasteiger charge is 2.15. The molecule has 0 saturated carbocycles. The van der Waals surface area contributed by atoms with Gasteiger partial charge in [-0.15, -0.1) is 0 Å². The van der Waals surface area contributed by atoms with E-state index < -0.39 is 10.0 Å². The van der Waals surface area contributed by atoms with Gasteiger partial charge in [-0.3, -0.25) is 9.52 Å².